The highest BCUT2D eigenvalue weighted by molar-refractivity contribution is 5.91. The Hall–Kier alpha value is -3.55. The van der Waals surface area contributed by atoms with Crippen LogP contribution in [0.2, 0.25) is 0 Å². The average molecular weight is 375 g/mol. The fraction of sp³-hybridized carbons (Fsp3) is 0.200. The van der Waals surface area contributed by atoms with Gasteiger partial charge in [-0.05, 0) is 55.7 Å². The van der Waals surface area contributed by atoms with Crippen LogP contribution in [0.4, 0.5) is 16.0 Å². The summed E-state index contributed by atoms with van der Waals surface area (Å²) in [6.07, 6.45) is 4.24. The van der Waals surface area contributed by atoms with Crippen molar-refractivity contribution in [3.8, 4) is 11.3 Å². The molecule has 0 radical (unpaired) electrons. The maximum absolute atomic E-state index is 14.3. The predicted molar refractivity (Wildman–Crippen MR) is 105 cm³/mol. The number of halogens is 1. The molecule has 8 heteroatoms. The minimum atomic E-state index is -0.522. The highest BCUT2D eigenvalue weighted by atomic mass is 19.1. The summed E-state index contributed by atoms with van der Waals surface area (Å²) >= 11 is 0. The molecule has 3 aromatic heterocycles. The first kappa shape index (κ1) is 16.6. The second kappa shape index (κ2) is 6.26. The van der Waals surface area contributed by atoms with Gasteiger partial charge in [0.1, 0.15) is 17.3 Å². The van der Waals surface area contributed by atoms with E-state index in [-0.39, 0.29) is 5.82 Å². The third-order valence-corrected chi connectivity index (χ3v) is 5.34. The highest BCUT2D eigenvalue weighted by Gasteiger charge is 2.42. The molecule has 0 aliphatic heterocycles. The van der Waals surface area contributed by atoms with Crippen LogP contribution in [0.3, 0.4) is 0 Å². The van der Waals surface area contributed by atoms with Crippen LogP contribution in [-0.2, 0) is 5.54 Å². The van der Waals surface area contributed by atoms with Crippen molar-refractivity contribution in [2.75, 3.05) is 11.1 Å². The van der Waals surface area contributed by atoms with E-state index in [1.54, 1.807) is 12.3 Å². The predicted octanol–water partition coefficient (Wildman–Crippen LogP) is 3.63. The Morgan fingerprint density at radius 2 is 2.00 bits per heavy atom. The molecule has 0 saturated heterocycles. The Kier molecular flexibility index (Phi) is 3.71. The third kappa shape index (κ3) is 2.65. The quantitative estimate of drug-likeness (QED) is 0.503. The molecule has 1 aromatic carbocycles. The average Bonchev–Trinajstić information content (AvgIpc) is 3.06. The monoisotopic (exact) mass is 375 g/mol. The number of H-pyrrole nitrogens is 1. The standard InChI is InChI=1S/C20H18FN7/c21-14-3-1-10-23-18(14)20(8-2-9-20)24-17-7-6-15(25-27-17)12-4-5-16-13(11-12)19(22)28-26-16/h1,3-7,10-11H,2,8-9H2,(H,24,27)(H3,22,26,28). The molecule has 1 fully saturated rings. The van der Waals surface area contributed by atoms with Gasteiger partial charge in [0.25, 0.3) is 0 Å². The zero-order valence-corrected chi connectivity index (χ0v) is 15.0. The summed E-state index contributed by atoms with van der Waals surface area (Å²) in [6, 6.07) is 12.6. The van der Waals surface area contributed by atoms with Gasteiger partial charge in [0, 0.05) is 17.1 Å². The van der Waals surface area contributed by atoms with E-state index < -0.39 is 5.54 Å². The largest absolute Gasteiger partial charge is 0.382 e. The number of pyridine rings is 1. The highest BCUT2D eigenvalue weighted by Crippen LogP contribution is 2.43. The Bertz CT molecular complexity index is 1150. The minimum absolute atomic E-state index is 0.301. The Balaban J connectivity index is 1.43. The van der Waals surface area contributed by atoms with E-state index in [0.717, 1.165) is 41.4 Å². The number of fused-ring (bicyclic) bond motifs is 1. The number of anilines is 2. The Morgan fingerprint density at radius 1 is 1.11 bits per heavy atom. The minimum Gasteiger partial charge on any atom is -0.382 e. The number of benzene rings is 1. The number of nitrogens with two attached hydrogens (primary N) is 1. The van der Waals surface area contributed by atoms with Gasteiger partial charge in [-0.3, -0.25) is 10.1 Å². The lowest BCUT2D eigenvalue weighted by molar-refractivity contribution is 0.265. The van der Waals surface area contributed by atoms with Crippen LogP contribution in [0.15, 0.2) is 48.7 Å². The van der Waals surface area contributed by atoms with Crippen LogP contribution < -0.4 is 11.1 Å². The molecule has 5 rings (SSSR count). The van der Waals surface area contributed by atoms with E-state index in [9.17, 15) is 4.39 Å². The molecule has 4 aromatic rings. The van der Waals surface area contributed by atoms with Crippen LogP contribution in [-0.4, -0.2) is 25.4 Å². The van der Waals surface area contributed by atoms with Crippen molar-refractivity contribution in [2.24, 2.45) is 0 Å². The lowest BCUT2D eigenvalue weighted by Gasteiger charge is -2.42. The van der Waals surface area contributed by atoms with E-state index in [0.29, 0.717) is 17.3 Å². The van der Waals surface area contributed by atoms with Crippen molar-refractivity contribution < 1.29 is 4.39 Å². The number of nitrogens with one attached hydrogen (secondary N) is 2. The van der Waals surface area contributed by atoms with Gasteiger partial charge < -0.3 is 11.1 Å². The molecule has 0 amide bonds. The van der Waals surface area contributed by atoms with E-state index in [4.69, 9.17) is 5.73 Å². The number of nitrogen functional groups attached to an aromatic ring is 1. The summed E-state index contributed by atoms with van der Waals surface area (Å²) in [5.74, 6) is 0.745. The van der Waals surface area contributed by atoms with Crippen molar-refractivity contribution in [1.82, 2.24) is 25.4 Å². The topological polar surface area (TPSA) is 105 Å². The molecule has 7 nitrogen and oxygen atoms in total. The molecular formula is C20H18FN7. The van der Waals surface area contributed by atoms with Crippen LogP contribution in [0.5, 0.6) is 0 Å². The summed E-state index contributed by atoms with van der Waals surface area (Å²) in [7, 11) is 0. The van der Waals surface area contributed by atoms with Crippen molar-refractivity contribution in [1.29, 1.82) is 0 Å². The van der Waals surface area contributed by atoms with E-state index in [2.05, 4.69) is 30.7 Å². The van der Waals surface area contributed by atoms with Crippen LogP contribution >= 0.6 is 0 Å². The number of aromatic amines is 1. The number of hydrogen-bond acceptors (Lipinski definition) is 6. The molecule has 3 heterocycles. The van der Waals surface area contributed by atoms with Gasteiger partial charge in [0.15, 0.2) is 5.82 Å². The van der Waals surface area contributed by atoms with Gasteiger partial charge in [-0.1, -0.05) is 6.07 Å². The maximum atomic E-state index is 14.3. The number of nitrogens with zero attached hydrogens (tertiary/aromatic N) is 4. The Morgan fingerprint density at radius 3 is 2.71 bits per heavy atom. The first-order valence-electron chi connectivity index (χ1n) is 9.12. The third-order valence-electron chi connectivity index (χ3n) is 5.34. The van der Waals surface area contributed by atoms with Crippen molar-refractivity contribution in [3.05, 3.63) is 60.2 Å². The Labute approximate surface area is 160 Å². The van der Waals surface area contributed by atoms with Gasteiger partial charge in [0.05, 0.1) is 16.7 Å². The van der Waals surface area contributed by atoms with E-state index in [1.165, 1.54) is 6.07 Å². The SMILES string of the molecule is Nc1n[nH]c2ccc(-c3ccc(NC4(c5ncccc5F)CCC4)nn3)cc12. The first-order chi connectivity index (χ1) is 13.6. The number of aromatic nitrogens is 5. The number of rotatable bonds is 4. The fourth-order valence-electron chi connectivity index (χ4n) is 3.68. The first-order valence-corrected chi connectivity index (χ1v) is 9.12. The van der Waals surface area contributed by atoms with Crippen LogP contribution in [0.1, 0.15) is 25.0 Å². The van der Waals surface area contributed by atoms with Crippen molar-refractivity contribution in [3.63, 3.8) is 0 Å². The molecule has 4 N–H and O–H groups in total. The van der Waals surface area contributed by atoms with Gasteiger partial charge in [0.2, 0.25) is 0 Å². The second-order valence-electron chi connectivity index (χ2n) is 7.07. The molecule has 0 atom stereocenters. The summed E-state index contributed by atoms with van der Waals surface area (Å²) in [5, 5.41) is 19.7. The summed E-state index contributed by atoms with van der Waals surface area (Å²) in [5.41, 5.74) is 8.29. The van der Waals surface area contributed by atoms with Gasteiger partial charge in [-0.15, -0.1) is 10.2 Å². The summed E-state index contributed by atoms with van der Waals surface area (Å²) in [6.45, 7) is 0. The molecule has 140 valence electrons. The summed E-state index contributed by atoms with van der Waals surface area (Å²) in [4.78, 5) is 4.26. The smallest absolute Gasteiger partial charge is 0.153 e. The van der Waals surface area contributed by atoms with Crippen LogP contribution in [0, 0.1) is 5.82 Å². The zero-order valence-electron chi connectivity index (χ0n) is 15.0. The maximum Gasteiger partial charge on any atom is 0.153 e. The van der Waals surface area contributed by atoms with Crippen molar-refractivity contribution >= 4 is 22.5 Å². The summed E-state index contributed by atoms with van der Waals surface area (Å²) < 4.78 is 14.3. The van der Waals surface area contributed by atoms with Gasteiger partial charge in [-0.2, -0.15) is 5.10 Å². The second-order valence-corrected chi connectivity index (χ2v) is 7.07. The zero-order chi connectivity index (χ0) is 19.1. The molecule has 0 bridgehead atoms. The van der Waals surface area contributed by atoms with Crippen molar-refractivity contribution in [2.45, 2.75) is 24.8 Å². The lowest BCUT2D eigenvalue weighted by Crippen LogP contribution is -2.43. The van der Waals surface area contributed by atoms with Gasteiger partial charge in [-0.25, -0.2) is 4.39 Å². The molecule has 1 saturated carbocycles. The normalized spacial score (nSPS) is 15.3. The number of hydrogen-bond donors (Lipinski definition) is 3. The molecule has 0 unspecified atom stereocenters. The molecular weight excluding hydrogens is 357 g/mol. The van der Waals surface area contributed by atoms with Gasteiger partial charge >= 0.3 is 0 Å². The van der Waals surface area contributed by atoms with Crippen LogP contribution in [0.25, 0.3) is 22.2 Å². The van der Waals surface area contributed by atoms with E-state index in [1.807, 2.05) is 30.3 Å². The molecule has 1 aliphatic carbocycles. The lowest BCUT2D eigenvalue weighted by atomic mass is 9.74. The fourth-order valence-corrected chi connectivity index (χ4v) is 3.68. The van der Waals surface area contributed by atoms with E-state index >= 15 is 0 Å². The molecule has 28 heavy (non-hydrogen) atoms. The molecule has 0 spiro atoms. The molecule has 1 aliphatic rings.